The lowest BCUT2D eigenvalue weighted by Crippen LogP contribution is -2.36. The van der Waals surface area contributed by atoms with E-state index in [0.717, 1.165) is 25.1 Å². The second kappa shape index (κ2) is 5.61. The lowest BCUT2D eigenvalue weighted by Gasteiger charge is -2.30. The first-order chi connectivity index (χ1) is 9.93. The predicted octanol–water partition coefficient (Wildman–Crippen LogP) is 3.59. The highest BCUT2D eigenvalue weighted by molar-refractivity contribution is 5.26. The molecule has 3 unspecified atom stereocenters. The normalized spacial score (nSPS) is 28.4. The Hall–Kier alpha value is -1.07. The number of hydrogen-bond donors (Lipinski definition) is 1. The topological polar surface area (TPSA) is 15.3 Å². The molecule has 0 radical (unpaired) electrons. The van der Waals surface area contributed by atoms with E-state index in [1.807, 2.05) is 0 Å². The van der Waals surface area contributed by atoms with Crippen molar-refractivity contribution in [1.82, 2.24) is 10.2 Å². The van der Waals surface area contributed by atoms with E-state index in [2.05, 4.69) is 17.1 Å². The quantitative estimate of drug-likeness (QED) is 0.897. The van der Waals surface area contributed by atoms with Gasteiger partial charge in [0.2, 0.25) is 0 Å². The number of nitrogens with zero attached hydrogens (tertiary/aromatic N) is 1. The summed E-state index contributed by atoms with van der Waals surface area (Å²) in [6.07, 6.45) is -0.664. The first-order valence-electron chi connectivity index (χ1n) is 7.61. The van der Waals surface area contributed by atoms with E-state index in [1.165, 1.54) is 25.0 Å². The van der Waals surface area contributed by atoms with E-state index in [1.54, 1.807) is 12.1 Å². The third kappa shape index (κ3) is 3.24. The van der Waals surface area contributed by atoms with Crippen molar-refractivity contribution in [3.8, 4) is 0 Å². The van der Waals surface area contributed by atoms with Gasteiger partial charge in [-0.3, -0.25) is 4.90 Å². The van der Waals surface area contributed by atoms with Crippen LogP contribution in [-0.2, 0) is 6.18 Å². The minimum atomic E-state index is -4.26. The SMILES string of the molecule is CC(c1ccc(C(F)(F)F)cc1)N1CCC2CCC(C1)N2. The van der Waals surface area contributed by atoms with Crippen LogP contribution in [0.4, 0.5) is 13.2 Å². The van der Waals surface area contributed by atoms with Crippen LogP contribution in [0, 0.1) is 0 Å². The predicted molar refractivity (Wildman–Crippen MR) is 76.0 cm³/mol. The van der Waals surface area contributed by atoms with Gasteiger partial charge in [0.1, 0.15) is 0 Å². The standard InChI is InChI=1S/C16H21F3N2/c1-11(12-2-4-13(5-3-12)16(17,18)19)21-9-8-14-6-7-15(10-21)20-14/h2-5,11,14-15,20H,6-10H2,1H3. The zero-order valence-corrected chi connectivity index (χ0v) is 12.2. The van der Waals surface area contributed by atoms with Crippen LogP contribution in [0.3, 0.4) is 0 Å². The van der Waals surface area contributed by atoms with Crippen molar-refractivity contribution in [2.75, 3.05) is 13.1 Å². The summed E-state index contributed by atoms with van der Waals surface area (Å²) in [5, 5.41) is 3.63. The van der Waals surface area contributed by atoms with E-state index in [4.69, 9.17) is 0 Å². The number of fused-ring (bicyclic) bond motifs is 2. The highest BCUT2D eigenvalue weighted by atomic mass is 19.4. The van der Waals surface area contributed by atoms with Crippen molar-refractivity contribution in [2.45, 2.75) is 50.5 Å². The summed E-state index contributed by atoms with van der Waals surface area (Å²) in [7, 11) is 0. The Labute approximate surface area is 123 Å². The summed E-state index contributed by atoms with van der Waals surface area (Å²) < 4.78 is 37.8. The third-order valence-corrected chi connectivity index (χ3v) is 4.82. The first kappa shape index (κ1) is 14.9. The molecule has 2 saturated heterocycles. The van der Waals surface area contributed by atoms with E-state index in [0.29, 0.717) is 12.1 Å². The molecule has 1 aromatic carbocycles. The van der Waals surface area contributed by atoms with Gasteiger partial charge in [-0.1, -0.05) is 12.1 Å². The van der Waals surface area contributed by atoms with Crippen LogP contribution in [-0.4, -0.2) is 30.1 Å². The molecule has 3 atom stereocenters. The molecule has 2 aliphatic heterocycles. The van der Waals surface area contributed by atoms with Gasteiger partial charge in [0.05, 0.1) is 5.56 Å². The molecule has 3 rings (SSSR count). The maximum absolute atomic E-state index is 12.6. The molecular formula is C16H21F3N2. The third-order valence-electron chi connectivity index (χ3n) is 4.82. The molecule has 5 heteroatoms. The van der Waals surface area contributed by atoms with E-state index in [9.17, 15) is 13.2 Å². The molecule has 0 spiro atoms. The Balaban J connectivity index is 1.71. The van der Waals surface area contributed by atoms with Crippen molar-refractivity contribution < 1.29 is 13.2 Å². The molecule has 116 valence electrons. The zero-order chi connectivity index (χ0) is 15.0. The van der Waals surface area contributed by atoms with Gasteiger partial charge in [0.25, 0.3) is 0 Å². The average molecular weight is 298 g/mol. The molecule has 0 amide bonds. The molecule has 2 nitrogen and oxygen atoms in total. The Morgan fingerprint density at radius 1 is 1.10 bits per heavy atom. The van der Waals surface area contributed by atoms with Crippen LogP contribution < -0.4 is 5.32 Å². The maximum atomic E-state index is 12.6. The highest BCUT2D eigenvalue weighted by Gasteiger charge is 2.32. The molecular weight excluding hydrogens is 277 g/mol. The van der Waals surface area contributed by atoms with Crippen molar-refractivity contribution in [1.29, 1.82) is 0 Å². The fourth-order valence-electron chi connectivity index (χ4n) is 3.48. The van der Waals surface area contributed by atoms with Crippen LogP contribution in [0.15, 0.2) is 24.3 Å². The number of rotatable bonds is 2. The van der Waals surface area contributed by atoms with Crippen molar-refractivity contribution >= 4 is 0 Å². The van der Waals surface area contributed by atoms with Gasteiger partial charge in [-0.05, 0) is 43.9 Å². The lowest BCUT2D eigenvalue weighted by atomic mass is 10.0. The molecule has 1 aromatic rings. The minimum absolute atomic E-state index is 0.161. The molecule has 21 heavy (non-hydrogen) atoms. The van der Waals surface area contributed by atoms with Crippen LogP contribution in [0.25, 0.3) is 0 Å². The second-order valence-electron chi connectivity index (χ2n) is 6.22. The zero-order valence-electron chi connectivity index (χ0n) is 12.2. The van der Waals surface area contributed by atoms with Crippen LogP contribution in [0.1, 0.15) is 43.4 Å². The highest BCUT2D eigenvalue weighted by Crippen LogP contribution is 2.32. The lowest BCUT2D eigenvalue weighted by molar-refractivity contribution is -0.137. The molecule has 0 aliphatic carbocycles. The molecule has 0 saturated carbocycles. The largest absolute Gasteiger partial charge is 0.416 e. The number of halogens is 3. The summed E-state index contributed by atoms with van der Waals surface area (Å²) in [4.78, 5) is 2.39. The Morgan fingerprint density at radius 2 is 1.76 bits per heavy atom. The van der Waals surface area contributed by atoms with E-state index < -0.39 is 11.7 Å². The van der Waals surface area contributed by atoms with Crippen LogP contribution in [0.2, 0.25) is 0 Å². The van der Waals surface area contributed by atoms with Gasteiger partial charge in [0.15, 0.2) is 0 Å². The second-order valence-corrected chi connectivity index (χ2v) is 6.22. The summed E-state index contributed by atoms with van der Waals surface area (Å²) in [6.45, 7) is 4.08. The molecule has 2 fully saturated rings. The number of alkyl halides is 3. The van der Waals surface area contributed by atoms with Gasteiger partial charge in [-0.25, -0.2) is 0 Å². The number of hydrogen-bond acceptors (Lipinski definition) is 2. The molecule has 2 bridgehead atoms. The number of nitrogens with one attached hydrogen (secondary N) is 1. The summed E-state index contributed by atoms with van der Waals surface area (Å²) in [5.74, 6) is 0. The van der Waals surface area contributed by atoms with Crippen molar-refractivity contribution in [3.63, 3.8) is 0 Å². The fourth-order valence-corrected chi connectivity index (χ4v) is 3.48. The first-order valence-corrected chi connectivity index (χ1v) is 7.61. The van der Waals surface area contributed by atoms with Gasteiger partial charge >= 0.3 is 6.18 Å². The smallest absolute Gasteiger partial charge is 0.310 e. The van der Waals surface area contributed by atoms with Gasteiger partial charge in [-0.2, -0.15) is 13.2 Å². The van der Waals surface area contributed by atoms with E-state index >= 15 is 0 Å². The molecule has 1 N–H and O–H groups in total. The van der Waals surface area contributed by atoms with Crippen molar-refractivity contribution in [3.05, 3.63) is 35.4 Å². The number of likely N-dealkylation sites (tertiary alicyclic amines) is 1. The van der Waals surface area contributed by atoms with E-state index in [-0.39, 0.29) is 6.04 Å². The Bertz CT molecular complexity index is 483. The van der Waals surface area contributed by atoms with Gasteiger partial charge in [0, 0.05) is 31.2 Å². The summed E-state index contributed by atoms with van der Waals surface area (Å²) in [5.41, 5.74) is 0.385. The number of benzene rings is 1. The minimum Gasteiger partial charge on any atom is -0.310 e. The molecule has 2 heterocycles. The Morgan fingerprint density at radius 3 is 2.43 bits per heavy atom. The molecule has 0 aromatic heterocycles. The van der Waals surface area contributed by atoms with Gasteiger partial charge in [-0.15, -0.1) is 0 Å². The van der Waals surface area contributed by atoms with Crippen molar-refractivity contribution in [2.24, 2.45) is 0 Å². The average Bonchev–Trinajstić information content (AvgIpc) is 2.77. The molecule has 2 aliphatic rings. The van der Waals surface area contributed by atoms with Gasteiger partial charge < -0.3 is 5.32 Å². The van der Waals surface area contributed by atoms with Crippen LogP contribution >= 0.6 is 0 Å². The summed E-state index contributed by atoms with van der Waals surface area (Å²) in [6, 6.07) is 6.93. The fraction of sp³-hybridized carbons (Fsp3) is 0.625. The summed E-state index contributed by atoms with van der Waals surface area (Å²) >= 11 is 0. The monoisotopic (exact) mass is 298 g/mol. The Kier molecular flexibility index (Phi) is 3.97. The maximum Gasteiger partial charge on any atom is 0.416 e. The van der Waals surface area contributed by atoms with Crippen LogP contribution in [0.5, 0.6) is 0 Å².